The molecule has 2 heterocycles. The maximum Gasteiger partial charge on any atom is 0.251 e. The molecule has 1 aliphatic carbocycles. The van der Waals surface area contributed by atoms with Gasteiger partial charge in [0.1, 0.15) is 10.8 Å². The third-order valence-corrected chi connectivity index (χ3v) is 7.10. The predicted molar refractivity (Wildman–Crippen MR) is 124 cm³/mol. The van der Waals surface area contributed by atoms with Crippen LogP contribution in [0, 0.1) is 5.92 Å². The minimum atomic E-state index is -0.353. The van der Waals surface area contributed by atoms with E-state index in [0.29, 0.717) is 41.0 Å². The average Bonchev–Trinajstić information content (AvgIpc) is 3.45. The summed E-state index contributed by atoms with van der Waals surface area (Å²) >= 11 is 1.28. The Bertz CT molecular complexity index is 1000. The molecule has 176 valence electrons. The summed E-state index contributed by atoms with van der Waals surface area (Å²) in [4.78, 5) is 39.3. The predicted octanol–water partition coefficient (Wildman–Crippen LogP) is 2.64. The van der Waals surface area contributed by atoms with Crippen LogP contribution in [-0.4, -0.2) is 59.1 Å². The summed E-state index contributed by atoms with van der Waals surface area (Å²) in [6.07, 6.45) is 6.36. The first-order valence-corrected chi connectivity index (χ1v) is 12.2. The molecule has 33 heavy (non-hydrogen) atoms. The van der Waals surface area contributed by atoms with E-state index in [1.54, 1.807) is 31.4 Å². The summed E-state index contributed by atoms with van der Waals surface area (Å²) in [6.45, 7) is 0.878. The van der Waals surface area contributed by atoms with E-state index in [9.17, 15) is 14.4 Å². The zero-order valence-electron chi connectivity index (χ0n) is 18.7. The highest BCUT2D eigenvalue weighted by atomic mass is 32.1. The Labute approximate surface area is 196 Å². The van der Waals surface area contributed by atoms with Crippen LogP contribution in [0.2, 0.25) is 0 Å². The second-order valence-corrected chi connectivity index (χ2v) is 9.53. The summed E-state index contributed by atoms with van der Waals surface area (Å²) in [5.74, 6) is -0.0326. The molecule has 2 N–H and O–H groups in total. The molecule has 1 aromatic carbocycles. The van der Waals surface area contributed by atoms with Crippen molar-refractivity contribution in [3.63, 3.8) is 0 Å². The minimum absolute atomic E-state index is 0.0757. The van der Waals surface area contributed by atoms with Crippen molar-refractivity contribution in [2.45, 2.75) is 51.0 Å². The van der Waals surface area contributed by atoms with Gasteiger partial charge in [0.05, 0.1) is 13.0 Å². The number of rotatable bonds is 8. The first-order chi connectivity index (χ1) is 16.0. The molecule has 2 aromatic rings. The van der Waals surface area contributed by atoms with Crippen LogP contribution in [0.25, 0.3) is 0 Å². The van der Waals surface area contributed by atoms with Gasteiger partial charge in [-0.3, -0.25) is 14.4 Å². The van der Waals surface area contributed by atoms with E-state index in [-0.39, 0.29) is 36.1 Å². The molecule has 10 heteroatoms. The van der Waals surface area contributed by atoms with E-state index in [4.69, 9.17) is 4.74 Å². The fourth-order valence-electron chi connectivity index (χ4n) is 4.41. The normalized spacial score (nSPS) is 18.9. The Hall–Kier alpha value is -3.01. The van der Waals surface area contributed by atoms with E-state index in [0.717, 1.165) is 25.7 Å². The summed E-state index contributed by atoms with van der Waals surface area (Å²) < 4.78 is 5.14. The molecule has 1 saturated heterocycles. The van der Waals surface area contributed by atoms with Crippen LogP contribution in [0.4, 0.5) is 5.13 Å². The van der Waals surface area contributed by atoms with Crippen LogP contribution in [-0.2, 0) is 16.0 Å². The largest absolute Gasteiger partial charge is 0.497 e. The number of carbonyl (C=O) groups excluding carboxylic acids is 3. The van der Waals surface area contributed by atoms with Crippen molar-refractivity contribution >= 4 is 34.2 Å². The lowest BCUT2D eigenvalue weighted by molar-refractivity contribution is -0.130. The number of nitrogens with one attached hydrogen (secondary N) is 2. The van der Waals surface area contributed by atoms with Crippen molar-refractivity contribution < 1.29 is 19.1 Å². The number of benzene rings is 1. The smallest absolute Gasteiger partial charge is 0.251 e. The number of aromatic nitrogens is 2. The SMILES string of the molecule is COc1cccc(C(=O)NCCc2nnc(NC(=O)C3CC(=O)N(C4CCCCC4)C3)s2)c1. The van der Waals surface area contributed by atoms with Crippen LogP contribution >= 0.6 is 11.3 Å². The van der Waals surface area contributed by atoms with Gasteiger partial charge in [-0.2, -0.15) is 0 Å². The van der Waals surface area contributed by atoms with E-state index >= 15 is 0 Å². The molecular weight excluding hydrogens is 442 g/mol. The monoisotopic (exact) mass is 471 g/mol. The van der Waals surface area contributed by atoms with Crippen molar-refractivity contribution in [1.82, 2.24) is 20.4 Å². The molecule has 1 saturated carbocycles. The molecule has 0 radical (unpaired) electrons. The van der Waals surface area contributed by atoms with Crippen molar-refractivity contribution in [1.29, 1.82) is 0 Å². The van der Waals surface area contributed by atoms with Gasteiger partial charge in [-0.1, -0.05) is 36.7 Å². The fourth-order valence-corrected chi connectivity index (χ4v) is 5.16. The first-order valence-electron chi connectivity index (χ1n) is 11.4. The molecule has 1 unspecified atom stereocenters. The first kappa shape index (κ1) is 23.2. The standard InChI is InChI=1S/C23H29N5O4S/c1-32-18-9-5-6-15(12-18)21(30)24-11-10-19-26-27-23(33-19)25-22(31)16-13-20(29)28(14-16)17-7-3-2-4-8-17/h5-6,9,12,16-17H,2-4,7-8,10-11,13-14H2,1H3,(H,24,30)(H,25,27,31). The molecule has 1 aromatic heterocycles. The second-order valence-electron chi connectivity index (χ2n) is 8.47. The van der Waals surface area contributed by atoms with Gasteiger partial charge in [0.15, 0.2) is 0 Å². The van der Waals surface area contributed by atoms with Gasteiger partial charge in [0.25, 0.3) is 5.91 Å². The van der Waals surface area contributed by atoms with Crippen LogP contribution in [0.15, 0.2) is 24.3 Å². The van der Waals surface area contributed by atoms with Gasteiger partial charge in [0, 0.05) is 37.5 Å². The van der Waals surface area contributed by atoms with Gasteiger partial charge in [-0.15, -0.1) is 10.2 Å². The zero-order chi connectivity index (χ0) is 23.2. The number of nitrogens with zero attached hydrogens (tertiary/aromatic N) is 3. The molecule has 3 amide bonds. The van der Waals surface area contributed by atoms with Gasteiger partial charge in [-0.05, 0) is 31.0 Å². The van der Waals surface area contributed by atoms with Crippen molar-refractivity contribution in [3.8, 4) is 5.75 Å². The topological polar surface area (TPSA) is 114 Å². The number of hydrogen-bond acceptors (Lipinski definition) is 7. The Kier molecular flexibility index (Phi) is 7.54. The van der Waals surface area contributed by atoms with Gasteiger partial charge >= 0.3 is 0 Å². The number of carbonyl (C=O) groups is 3. The number of amides is 3. The molecule has 2 fully saturated rings. The number of methoxy groups -OCH3 is 1. The Balaban J connectivity index is 1.23. The molecule has 4 rings (SSSR count). The van der Waals surface area contributed by atoms with E-state index in [2.05, 4.69) is 20.8 Å². The third-order valence-electron chi connectivity index (χ3n) is 6.20. The Morgan fingerprint density at radius 2 is 2.03 bits per heavy atom. The van der Waals surface area contributed by atoms with Crippen molar-refractivity contribution in [2.24, 2.45) is 5.92 Å². The summed E-state index contributed by atoms with van der Waals surface area (Å²) in [5, 5.41) is 14.9. The lowest BCUT2D eigenvalue weighted by atomic mass is 9.94. The summed E-state index contributed by atoms with van der Waals surface area (Å²) in [7, 11) is 1.56. The average molecular weight is 472 g/mol. The quantitative estimate of drug-likeness (QED) is 0.612. The van der Waals surface area contributed by atoms with E-state index < -0.39 is 0 Å². The maximum atomic E-state index is 12.7. The molecule has 0 bridgehead atoms. The Morgan fingerprint density at radius 3 is 2.82 bits per heavy atom. The molecule has 0 spiro atoms. The molecule has 1 atom stereocenters. The van der Waals surface area contributed by atoms with Crippen LogP contribution < -0.4 is 15.4 Å². The van der Waals surface area contributed by atoms with Crippen molar-refractivity contribution in [3.05, 3.63) is 34.8 Å². The highest BCUT2D eigenvalue weighted by Gasteiger charge is 2.38. The van der Waals surface area contributed by atoms with Crippen LogP contribution in [0.5, 0.6) is 5.75 Å². The summed E-state index contributed by atoms with van der Waals surface area (Å²) in [6, 6.07) is 7.23. The van der Waals surface area contributed by atoms with E-state index in [1.165, 1.54) is 17.8 Å². The summed E-state index contributed by atoms with van der Waals surface area (Å²) in [5.41, 5.74) is 0.521. The van der Waals surface area contributed by atoms with Crippen molar-refractivity contribution in [2.75, 3.05) is 25.5 Å². The Morgan fingerprint density at radius 1 is 1.21 bits per heavy atom. The molecule has 1 aliphatic heterocycles. The highest BCUT2D eigenvalue weighted by Crippen LogP contribution is 2.29. The third kappa shape index (κ3) is 5.87. The lowest BCUT2D eigenvalue weighted by Crippen LogP contribution is -2.38. The number of hydrogen-bond donors (Lipinski definition) is 2. The fraction of sp³-hybridized carbons (Fsp3) is 0.522. The number of likely N-dealkylation sites (tertiary alicyclic amines) is 1. The van der Waals surface area contributed by atoms with Gasteiger partial charge < -0.3 is 20.3 Å². The lowest BCUT2D eigenvalue weighted by Gasteiger charge is -2.31. The number of anilines is 1. The highest BCUT2D eigenvalue weighted by molar-refractivity contribution is 7.15. The van der Waals surface area contributed by atoms with Gasteiger partial charge in [-0.25, -0.2) is 0 Å². The minimum Gasteiger partial charge on any atom is -0.497 e. The van der Waals surface area contributed by atoms with Crippen LogP contribution in [0.3, 0.4) is 0 Å². The maximum absolute atomic E-state index is 12.7. The zero-order valence-corrected chi connectivity index (χ0v) is 19.5. The van der Waals surface area contributed by atoms with Crippen LogP contribution in [0.1, 0.15) is 53.9 Å². The second kappa shape index (κ2) is 10.7. The van der Waals surface area contributed by atoms with Gasteiger partial charge in [0.2, 0.25) is 16.9 Å². The molecule has 2 aliphatic rings. The van der Waals surface area contributed by atoms with E-state index in [1.807, 2.05) is 4.90 Å². The number of ether oxygens (including phenoxy) is 1. The molecule has 9 nitrogen and oxygen atoms in total. The molecular formula is C23H29N5O4S.